The van der Waals surface area contributed by atoms with Crippen molar-refractivity contribution < 1.29 is 24.2 Å². The van der Waals surface area contributed by atoms with Crippen molar-refractivity contribution in [3.05, 3.63) is 23.8 Å². The van der Waals surface area contributed by atoms with Crippen LogP contribution in [-0.4, -0.2) is 35.4 Å². The molecule has 2 aliphatic carbocycles. The summed E-state index contributed by atoms with van der Waals surface area (Å²) in [6.07, 6.45) is 10.1. The Balaban J connectivity index is 1.70. The number of carbonyl (C=O) groups excluding carboxylic acids is 2. The maximum absolute atomic E-state index is 12.4. The molecule has 0 spiro atoms. The lowest BCUT2D eigenvalue weighted by atomic mass is 9.66. The van der Waals surface area contributed by atoms with Crippen molar-refractivity contribution in [2.45, 2.75) is 84.2 Å². The molecule has 0 aromatic heterocycles. The van der Waals surface area contributed by atoms with Crippen LogP contribution in [0.4, 0.5) is 0 Å². The first kappa shape index (κ1) is 21.3. The number of allylic oxidation sites excluding steroid dienone is 3. The molecule has 1 saturated heterocycles. The van der Waals surface area contributed by atoms with Gasteiger partial charge in [0.25, 0.3) is 0 Å². The fraction of sp³-hybridized carbons (Fsp3) is 0.739. The van der Waals surface area contributed by atoms with Crippen LogP contribution in [0.5, 0.6) is 0 Å². The van der Waals surface area contributed by atoms with Crippen molar-refractivity contribution in [3.63, 3.8) is 0 Å². The monoisotopic (exact) mass is 390 g/mol. The molecule has 3 aliphatic rings. The van der Waals surface area contributed by atoms with Gasteiger partial charge in [0, 0.05) is 12.3 Å². The van der Waals surface area contributed by atoms with E-state index >= 15 is 0 Å². The predicted octanol–water partition coefficient (Wildman–Crippen LogP) is 3.95. The highest BCUT2D eigenvalue weighted by Crippen LogP contribution is 2.44. The first-order valence-corrected chi connectivity index (χ1v) is 10.8. The second kappa shape index (κ2) is 9.36. The molecule has 0 radical (unpaired) electrons. The van der Waals surface area contributed by atoms with Gasteiger partial charge in [-0.2, -0.15) is 0 Å². The SMILES string of the molecule is CCC(C)C(=O)OC1CCC=C2C=C[C@H](C)[C@H](CC[C@H]3CC(=O)CC(O)O3)[C@H]21. The minimum Gasteiger partial charge on any atom is -0.461 e. The van der Waals surface area contributed by atoms with Gasteiger partial charge in [-0.1, -0.05) is 39.0 Å². The second-order valence-corrected chi connectivity index (χ2v) is 8.71. The minimum atomic E-state index is -0.968. The van der Waals surface area contributed by atoms with E-state index in [1.54, 1.807) is 0 Å². The van der Waals surface area contributed by atoms with Crippen LogP contribution in [0.2, 0.25) is 0 Å². The molecule has 0 saturated carbocycles. The molecule has 7 atom stereocenters. The van der Waals surface area contributed by atoms with Crippen molar-refractivity contribution in [1.82, 2.24) is 0 Å². The normalized spacial score (nSPS) is 36.4. The highest BCUT2D eigenvalue weighted by molar-refractivity contribution is 5.79. The van der Waals surface area contributed by atoms with E-state index in [-0.39, 0.29) is 42.2 Å². The summed E-state index contributed by atoms with van der Waals surface area (Å²) in [6, 6.07) is 0. The number of esters is 1. The molecule has 5 nitrogen and oxygen atoms in total. The summed E-state index contributed by atoms with van der Waals surface area (Å²) in [7, 11) is 0. The van der Waals surface area contributed by atoms with Crippen LogP contribution in [0.3, 0.4) is 0 Å². The zero-order valence-electron chi connectivity index (χ0n) is 17.3. The predicted molar refractivity (Wildman–Crippen MR) is 106 cm³/mol. The molecule has 0 amide bonds. The smallest absolute Gasteiger partial charge is 0.308 e. The van der Waals surface area contributed by atoms with Crippen molar-refractivity contribution in [2.24, 2.45) is 23.7 Å². The average Bonchev–Trinajstić information content (AvgIpc) is 2.66. The van der Waals surface area contributed by atoms with Crippen LogP contribution in [0.25, 0.3) is 0 Å². The molecule has 3 rings (SSSR count). The van der Waals surface area contributed by atoms with Crippen LogP contribution in [0.15, 0.2) is 23.8 Å². The average molecular weight is 391 g/mol. The molecule has 0 bridgehead atoms. The van der Waals surface area contributed by atoms with Gasteiger partial charge in [-0.05, 0) is 49.5 Å². The Morgan fingerprint density at radius 2 is 2.14 bits per heavy atom. The Morgan fingerprint density at radius 1 is 1.36 bits per heavy atom. The lowest BCUT2D eigenvalue weighted by Crippen LogP contribution is -2.41. The van der Waals surface area contributed by atoms with E-state index in [2.05, 4.69) is 25.2 Å². The Morgan fingerprint density at radius 3 is 2.86 bits per heavy atom. The third kappa shape index (κ3) is 4.93. The first-order valence-electron chi connectivity index (χ1n) is 10.8. The van der Waals surface area contributed by atoms with E-state index in [1.807, 2.05) is 13.8 Å². The highest BCUT2D eigenvalue weighted by atomic mass is 16.6. The molecular formula is C23H34O5. The number of hydrogen-bond acceptors (Lipinski definition) is 5. The Labute approximate surface area is 168 Å². The van der Waals surface area contributed by atoms with E-state index in [9.17, 15) is 14.7 Å². The number of hydrogen-bond donors (Lipinski definition) is 1. The van der Waals surface area contributed by atoms with Gasteiger partial charge in [-0.3, -0.25) is 9.59 Å². The van der Waals surface area contributed by atoms with E-state index in [0.717, 1.165) is 32.1 Å². The molecule has 3 unspecified atom stereocenters. The van der Waals surface area contributed by atoms with Gasteiger partial charge < -0.3 is 14.6 Å². The molecule has 0 aromatic rings. The zero-order chi connectivity index (χ0) is 20.3. The van der Waals surface area contributed by atoms with Crippen LogP contribution in [-0.2, 0) is 19.1 Å². The molecule has 1 N–H and O–H groups in total. The minimum absolute atomic E-state index is 0.0685. The van der Waals surface area contributed by atoms with Gasteiger partial charge in [-0.15, -0.1) is 0 Å². The summed E-state index contributed by atoms with van der Waals surface area (Å²) in [5.74, 6) is 0.801. The second-order valence-electron chi connectivity index (χ2n) is 8.71. The zero-order valence-corrected chi connectivity index (χ0v) is 17.3. The summed E-state index contributed by atoms with van der Waals surface area (Å²) >= 11 is 0. The molecule has 1 heterocycles. The maximum atomic E-state index is 12.4. The third-order valence-corrected chi connectivity index (χ3v) is 6.66. The number of carbonyl (C=O) groups is 2. The van der Waals surface area contributed by atoms with Gasteiger partial charge in [0.15, 0.2) is 6.29 Å². The van der Waals surface area contributed by atoms with E-state index < -0.39 is 6.29 Å². The number of Topliss-reactive ketones (excluding diaryl/α,β-unsaturated/α-hetero) is 1. The van der Waals surface area contributed by atoms with Crippen molar-refractivity contribution in [3.8, 4) is 0 Å². The number of rotatable bonds is 6. The fourth-order valence-corrected chi connectivity index (χ4v) is 4.78. The van der Waals surface area contributed by atoms with Crippen molar-refractivity contribution in [1.29, 1.82) is 0 Å². The van der Waals surface area contributed by atoms with Gasteiger partial charge in [0.05, 0.1) is 18.4 Å². The van der Waals surface area contributed by atoms with Crippen LogP contribution in [0, 0.1) is 23.7 Å². The summed E-state index contributed by atoms with van der Waals surface area (Å²) in [5.41, 5.74) is 1.27. The molecule has 28 heavy (non-hydrogen) atoms. The maximum Gasteiger partial charge on any atom is 0.308 e. The number of aliphatic hydroxyl groups is 1. The van der Waals surface area contributed by atoms with Crippen molar-refractivity contribution in [2.75, 3.05) is 0 Å². The molecular weight excluding hydrogens is 356 g/mol. The molecule has 1 fully saturated rings. The van der Waals surface area contributed by atoms with Crippen LogP contribution in [0.1, 0.15) is 65.7 Å². The standard InChI is InChI=1S/C23H34O5/c1-4-14(2)23(26)28-20-7-5-6-16-9-8-15(3)19(22(16)20)11-10-18-12-17(24)13-21(25)27-18/h6,8-9,14-15,18-22,25H,4-5,7,10-13H2,1-3H3/t14?,15-,18-,19-,20?,21?,22-/m0/s1. The van der Waals surface area contributed by atoms with Crippen molar-refractivity contribution >= 4 is 11.8 Å². The lowest BCUT2D eigenvalue weighted by Gasteiger charge is -2.42. The molecule has 5 heteroatoms. The number of ketones is 1. The molecule has 0 aromatic carbocycles. The first-order chi connectivity index (χ1) is 13.4. The topological polar surface area (TPSA) is 72.8 Å². The summed E-state index contributed by atoms with van der Waals surface area (Å²) in [4.78, 5) is 24.2. The number of aliphatic hydroxyl groups excluding tert-OH is 1. The largest absolute Gasteiger partial charge is 0.461 e. The van der Waals surface area contributed by atoms with Gasteiger partial charge in [-0.25, -0.2) is 0 Å². The number of ether oxygens (including phenoxy) is 2. The van der Waals surface area contributed by atoms with E-state index in [4.69, 9.17) is 9.47 Å². The van der Waals surface area contributed by atoms with E-state index in [0.29, 0.717) is 18.3 Å². The van der Waals surface area contributed by atoms with Crippen LogP contribution < -0.4 is 0 Å². The van der Waals surface area contributed by atoms with Gasteiger partial charge in [0.1, 0.15) is 11.9 Å². The molecule has 1 aliphatic heterocycles. The Hall–Kier alpha value is -1.46. The Bertz CT molecular complexity index is 637. The quantitative estimate of drug-likeness (QED) is 0.695. The summed E-state index contributed by atoms with van der Waals surface area (Å²) in [6.45, 7) is 6.14. The highest BCUT2D eigenvalue weighted by Gasteiger charge is 2.40. The summed E-state index contributed by atoms with van der Waals surface area (Å²) < 4.78 is 11.6. The number of fused-ring (bicyclic) bond motifs is 1. The van der Waals surface area contributed by atoms with E-state index in [1.165, 1.54) is 5.57 Å². The molecule has 156 valence electrons. The third-order valence-electron chi connectivity index (χ3n) is 6.66. The fourth-order valence-electron chi connectivity index (χ4n) is 4.78. The summed E-state index contributed by atoms with van der Waals surface area (Å²) in [5, 5.41) is 9.72. The lowest BCUT2D eigenvalue weighted by molar-refractivity contribution is -0.175. The van der Waals surface area contributed by atoms with Gasteiger partial charge >= 0.3 is 5.97 Å². The van der Waals surface area contributed by atoms with Gasteiger partial charge in [0.2, 0.25) is 0 Å². The Kier molecular flexibility index (Phi) is 7.10. The van der Waals surface area contributed by atoms with Crippen LogP contribution >= 0.6 is 0 Å².